The van der Waals surface area contributed by atoms with Gasteiger partial charge in [-0.2, -0.15) is 0 Å². The first kappa shape index (κ1) is 15.0. The summed E-state index contributed by atoms with van der Waals surface area (Å²) in [4.78, 5) is 2.67. The van der Waals surface area contributed by atoms with E-state index in [1.54, 1.807) is 0 Å². The van der Waals surface area contributed by atoms with Crippen molar-refractivity contribution in [1.82, 2.24) is 10.2 Å². The second-order valence-electron chi connectivity index (χ2n) is 6.18. The third kappa shape index (κ3) is 5.87. The van der Waals surface area contributed by atoms with Gasteiger partial charge in [-0.05, 0) is 52.9 Å². The summed E-state index contributed by atoms with van der Waals surface area (Å²) >= 11 is 0. The van der Waals surface area contributed by atoms with Crippen molar-refractivity contribution >= 4 is 0 Å². The first-order chi connectivity index (χ1) is 8.04. The molecule has 1 fully saturated rings. The van der Waals surface area contributed by atoms with Crippen LogP contribution < -0.4 is 5.32 Å². The van der Waals surface area contributed by atoms with E-state index in [4.69, 9.17) is 0 Å². The van der Waals surface area contributed by atoms with E-state index >= 15 is 0 Å². The van der Waals surface area contributed by atoms with E-state index in [9.17, 15) is 0 Å². The first-order valence-electron chi connectivity index (χ1n) is 7.53. The second kappa shape index (κ2) is 7.38. The van der Waals surface area contributed by atoms with Gasteiger partial charge < -0.3 is 5.32 Å². The number of hydrogen-bond acceptors (Lipinski definition) is 2. The first-order valence-corrected chi connectivity index (χ1v) is 7.53. The van der Waals surface area contributed by atoms with Gasteiger partial charge in [0.15, 0.2) is 0 Å². The lowest BCUT2D eigenvalue weighted by molar-refractivity contribution is 0.151. The molecule has 17 heavy (non-hydrogen) atoms. The molecule has 0 aromatic carbocycles. The summed E-state index contributed by atoms with van der Waals surface area (Å²) in [6, 6.07) is 2.00. The van der Waals surface area contributed by atoms with Crippen molar-refractivity contribution in [2.75, 3.05) is 13.1 Å². The average molecular weight is 240 g/mol. The van der Waals surface area contributed by atoms with Crippen molar-refractivity contribution in [3.63, 3.8) is 0 Å². The van der Waals surface area contributed by atoms with E-state index in [0.717, 1.165) is 12.5 Å². The lowest BCUT2D eigenvalue weighted by Gasteiger charge is -2.33. The molecule has 2 unspecified atom stereocenters. The van der Waals surface area contributed by atoms with Gasteiger partial charge in [-0.15, -0.1) is 0 Å². The molecule has 0 aromatic rings. The van der Waals surface area contributed by atoms with Gasteiger partial charge in [0.05, 0.1) is 0 Å². The van der Waals surface area contributed by atoms with E-state index in [-0.39, 0.29) is 0 Å². The second-order valence-corrected chi connectivity index (χ2v) is 6.18. The van der Waals surface area contributed by atoms with E-state index in [1.807, 2.05) is 0 Å². The summed E-state index contributed by atoms with van der Waals surface area (Å²) in [6.45, 7) is 14.0. The monoisotopic (exact) mass is 240 g/mol. The highest BCUT2D eigenvalue weighted by Gasteiger charge is 2.27. The Balaban J connectivity index is 2.28. The van der Waals surface area contributed by atoms with Gasteiger partial charge in [0.2, 0.25) is 0 Å². The highest BCUT2D eigenvalue weighted by atomic mass is 15.2. The molecule has 2 nitrogen and oxygen atoms in total. The molecular formula is C15H32N2. The van der Waals surface area contributed by atoms with E-state index in [1.165, 1.54) is 32.2 Å². The predicted molar refractivity (Wildman–Crippen MR) is 76.4 cm³/mol. The Hall–Kier alpha value is -0.0800. The van der Waals surface area contributed by atoms with Crippen molar-refractivity contribution in [3.8, 4) is 0 Å². The molecule has 1 aliphatic carbocycles. The van der Waals surface area contributed by atoms with Crippen LogP contribution in [0.15, 0.2) is 0 Å². The molecule has 0 radical (unpaired) electrons. The van der Waals surface area contributed by atoms with E-state index in [2.05, 4.69) is 44.8 Å². The van der Waals surface area contributed by atoms with Crippen LogP contribution in [0.2, 0.25) is 0 Å². The zero-order chi connectivity index (χ0) is 12.8. The van der Waals surface area contributed by atoms with E-state index < -0.39 is 0 Å². The smallest absolute Gasteiger partial charge is 0.0195 e. The van der Waals surface area contributed by atoms with Gasteiger partial charge in [0.1, 0.15) is 0 Å². The van der Waals surface area contributed by atoms with Crippen molar-refractivity contribution in [3.05, 3.63) is 0 Å². The van der Waals surface area contributed by atoms with Gasteiger partial charge >= 0.3 is 0 Å². The van der Waals surface area contributed by atoms with Gasteiger partial charge in [0.25, 0.3) is 0 Å². The molecule has 102 valence electrons. The number of nitrogens with zero attached hydrogens (tertiary/aromatic N) is 1. The Morgan fingerprint density at radius 3 is 2.29 bits per heavy atom. The Kier molecular flexibility index (Phi) is 6.50. The maximum Gasteiger partial charge on any atom is 0.0195 e. The predicted octanol–water partition coefficient (Wildman–Crippen LogP) is 3.27. The van der Waals surface area contributed by atoms with Crippen LogP contribution in [0.4, 0.5) is 0 Å². The quantitative estimate of drug-likeness (QED) is 0.665. The highest BCUT2D eigenvalue weighted by Crippen LogP contribution is 2.30. The van der Waals surface area contributed by atoms with Crippen LogP contribution >= 0.6 is 0 Å². The maximum absolute atomic E-state index is 3.67. The summed E-state index contributed by atoms with van der Waals surface area (Å²) in [6.07, 6.45) is 5.47. The molecule has 1 aliphatic rings. The summed E-state index contributed by atoms with van der Waals surface area (Å²) < 4.78 is 0. The molecule has 1 saturated carbocycles. The third-order valence-electron chi connectivity index (χ3n) is 3.88. The Bertz CT molecular complexity index is 199. The molecule has 2 atom stereocenters. The van der Waals surface area contributed by atoms with Crippen molar-refractivity contribution in [2.45, 2.75) is 78.4 Å². The molecule has 0 aromatic heterocycles. The van der Waals surface area contributed by atoms with Crippen molar-refractivity contribution in [1.29, 1.82) is 0 Å². The fourth-order valence-electron chi connectivity index (χ4n) is 2.52. The highest BCUT2D eigenvalue weighted by molar-refractivity contribution is 4.82. The van der Waals surface area contributed by atoms with Gasteiger partial charge in [-0.25, -0.2) is 0 Å². The van der Waals surface area contributed by atoms with E-state index in [0.29, 0.717) is 18.1 Å². The minimum atomic E-state index is 0.662. The largest absolute Gasteiger partial charge is 0.313 e. The minimum absolute atomic E-state index is 0.662. The summed E-state index contributed by atoms with van der Waals surface area (Å²) in [5.41, 5.74) is 0. The maximum atomic E-state index is 3.67. The molecular weight excluding hydrogens is 208 g/mol. The molecule has 0 heterocycles. The van der Waals surface area contributed by atoms with Crippen LogP contribution in [0.5, 0.6) is 0 Å². The lowest BCUT2D eigenvalue weighted by atomic mass is 10.1. The molecule has 0 amide bonds. The molecule has 0 saturated heterocycles. The lowest BCUT2D eigenvalue weighted by Crippen LogP contribution is -2.46. The Labute approximate surface area is 108 Å². The number of nitrogens with one attached hydrogen (secondary N) is 1. The summed E-state index contributed by atoms with van der Waals surface area (Å²) in [5, 5.41) is 3.67. The molecule has 0 spiro atoms. The van der Waals surface area contributed by atoms with Gasteiger partial charge in [-0.1, -0.05) is 13.3 Å². The third-order valence-corrected chi connectivity index (χ3v) is 3.88. The van der Waals surface area contributed by atoms with Crippen molar-refractivity contribution in [2.24, 2.45) is 5.92 Å². The minimum Gasteiger partial charge on any atom is -0.313 e. The summed E-state index contributed by atoms with van der Waals surface area (Å²) in [5.74, 6) is 0.993. The average Bonchev–Trinajstić information content (AvgIpc) is 3.06. The number of rotatable bonds is 9. The standard InChI is InChI=1S/C15H32N2/c1-6-7-13(4)16-10-14(5)17(12(2)3)11-15-8-9-15/h12-16H,6-11H2,1-5H3. The van der Waals surface area contributed by atoms with Crippen molar-refractivity contribution < 1.29 is 0 Å². The Morgan fingerprint density at radius 2 is 1.82 bits per heavy atom. The molecule has 2 heteroatoms. The normalized spacial score (nSPS) is 19.9. The fraction of sp³-hybridized carbons (Fsp3) is 1.00. The molecule has 1 N–H and O–H groups in total. The van der Waals surface area contributed by atoms with Gasteiger partial charge in [0, 0.05) is 31.2 Å². The van der Waals surface area contributed by atoms with Crippen LogP contribution in [-0.4, -0.2) is 36.1 Å². The van der Waals surface area contributed by atoms with Gasteiger partial charge in [-0.3, -0.25) is 4.90 Å². The van der Waals surface area contributed by atoms with Crippen LogP contribution in [0.1, 0.15) is 60.3 Å². The summed E-state index contributed by atoms with van der Waals surface area (Å²) in [7, 11) is 0. The molecule has 0 bridgehead atoms. The van der Waals surface area contributed by atoms with Crippen LogP contribution in [0.3, 0.4) is 0 Å². The van der Waals surface area contributed by atoms with Crippen LogP contribution in [0, 0.1) is 5.92 Å². The van der Waals surface area contributed by atoms with Crippen LogP contribution in [-0.2, 0) is 0 Å². The SMILES string of the molecule is CCCC(C)NCC(C)N(CC1CC1)C(C)C. The molecule has 0 aliphatic heterocycles. The number of hydrogen-bond donors (Lipinski definition) is 1. The topological polar surface area (TPSA) is 15.3 Å². The Morgan fingerprint density at radius 1 is 1.18 bits per heavy atom. The zero-order valence-electron chi connectivity index (χ0n) is 12.5. The zero-order valence-corrected chi connectivity index (χ0v) is 12.5. The molecule has 1 rings (SSSR count). The van der Waals surface area contributed by atoms with Crippen LogP contribution in [0.25, 0.3) is 0 Å². The fourth-order valence-corrected chi connectivity index (χ4v) is 2.52.